The van der Waals surface area contributed by atoms with Crippen molar-refractivity contribution in [1.82, 2.24) is 20.6 Å². The Morgan fingerprint density at radius 2 is 2.31 bits per heavy atom. The van der Waals surface area contributed by atoms with Crippen LogP contribution in [0.15, 0.2) is 22.7 Å². The van der Waals surface area contributed by atoms with Gasteiger partial charge in [0.15, 0.2) is 5.82 Å². The number of aromatic amines is 1. The van der Waals surface area contributed by atoms with Gasteiger partial charge in [-0.2, -0.15) is 10.5 Å². The fraction of sp³-hybridized carbons (Fsp3) is 0.111. The molecule has 0 aliphatic carbocycles. The normalized spacial score (nSPS) is 9.75. The summed E-state index contributed by atoms with van der Waals surface area (Å²) >= 11 is 3.33. The molecule has 0 aliphatic heterocycles. The number of hydrogen-bond donors (Lipinski definition) is 2. The smallest absolute Gasteiger partial charge is 0.193 e. The van der Waals surface area contributed by atoms with Crippen molar-refractivity contribution in [2.75, 3.05) is 5.32 Å². The summed E-state index contributed by atoms with van der Waals surface area (Å²) in [4.78, 5) is 0. The molecule has 0 bridgehead atoms. The van der Waals surface area contributed by atoms with Crippen LogP contribution in [0.1, 0.15) is 11.4 Å². The maximum atomic E-state index is 8.80. The number of aromatic nitrogens is 4. The Hall–Kier alpha value is -1.94. The van der Waals surface area contributed by atoms with Crippen molar-refractivity contribution in [2.45, 2.75) is 6.54 Å². The van der Waals surface area contributed by atoms with Gasteiger partial charge in [-0.15, -0.1) is 10.2 Å². The minimum atomic E-state index is 0.456. The van der Waals surface area contributed by atoms with Crippen LogP contribution in [0.2, 0.25) is 0 Å². The van der Waals surface area contributed by atoms with Crippen LogP contribution in [0.4, 0.5) is 5.69 Å². The van der Waals surface area contributed by atoms with E-state index >= 15 is 0 Å². The summed E-state index contributed by atoms with van der Waals surface area (Å²) in [6.45, 7) is 0.456. The van der Waals surface area contributed by atoms with Crippen LogP contribution in [0.25, 0.3) is 0 Å². The molecule has 0 fully saturated rings. The molecule has 0 atom stereocenters. The molecule has 0 amide bonds. The lowest BCUT2D eigenvalue weighted by Crippen LogP contribution is -2.01. The van der Waals surface area contributed by atoms with E-state index in [1.165, 1.54) is 0 Å². The molecule has 2 aromatic rings. The van der Waals surface area contributed by atoms with Crippen molar-refractivity contribution in [3.05, 3.63) is 34.1 Å². The number of tetrazole rings is 1. The largest absolute Gasteiger partial charge is 0.378 e. The van der Waals surface area contributed by atoms with Crippen molar-refractivity contribution in [1.29, 1.82) is 5.26 Å². The lowest BCUT2D eigenvalue weighted by molar-refractivity contribution is 0.881. The molecule has 1 aromatic heterocycles. The highest BCUT2D eigenvalue weighted by molar-refractivity contribution is 9.10. The van der Waals surface area contributed by atoms with Crippen molar-refractivity contribution in [3.8, 4) is 6.07 Å². The van der Waals surface area contributed by atoms with Crippen LogP contribution >= 0.6 is 15.9 Å². The first kappa shape index (κ1) is 10.6. The predicted octanol–water partition coefficient (Wildman–Crippen LogP) is 1.45. The third-order valence-electron chi connectivity index (χ3n) is 1.87. The molecule has 2 N–H and O–H groups in total. The van der Waals surface area contributed by atoms with E-state index in [-0.39, 0.29) is 0 Å². The maximum absolute atomic E-state index is 8.80. The Morgan fingerprint density at radius 1 is 1.44 bits per heavy atom. The number of nitrogens with one attached hydrogen (secondary N) is 2. The second kappa shape index (κ2) is 4.72. The quantitative estimate of drug-likeness (QED) is 0.887. The predicted molar refractivity (Wildman–Crippen MR) is 60.4 cm³/mol. The fourth-order valence-corrected chi connectivity index (χ4v) is 1.69. The van der Waals surface area contributed by atoms with Crippen LogP contribution in [-0.4, -0.2) is 20.6 Å². The Morgan fingerprint density at radius 3 is 3.00 bits per heavy atom. The Bertz CT molecular complexity index is 515. The molecule has 7 heteroatoms. The van der Waals surface area contributed by atoms with E-state index in [4.69, 9.17) is 5.26 Å². The van der Waals surface area contributed by atoms with E-state index in [1.54, 1.807) is 12.1 Å². The molecular formula is C9H7BrN6. The molecule has 0 spiro atoms. The third-order valence-corrected chi connectivity index (χ3v) is 2.32. The molecule has 80 valence electrons. The average Bonchev–Trinajstić information content (AvgIpc) is 2.78. The topological polar surface area (TPSA) is 90.3 Å². The maximum Gasteiger partial charge on any atom is 0.193 e. The van der Waals surface area contributed by atoms with Crippen LogP contribution in [-0.2, 0) is 6.54 Å². The van der Waals surface area contributed by atoms with Gasteiger partial charge < -0.3 is 5.32 Å². The molecule has 16 heavy (non-hydrogen) atoms. The van der Waals surface area contributed by atoms with Gasteiger partial charge in [0.25, 0.3) is 0 Å². The first-order valence-electron chi connectivity index (χ1n) is 4.45. The van der Waals surface area contributed by atoms with E-state index < -0.39 is 0 Å². The zero-order valence-corrected chi connectivity index (χ0v) is 9.69. The summed E-state index contributed by atoms with van der Waals surface area (Å²) in [6.07, 6.45) is 0. The van der Waals surface area contributed by atoms with Gasteiger partial charge in [-0.1, -0.05) is 21.1 Å². The standard InChI is InChI=1S/C9H7BrN6/c10-7-1-6(4-11)2-8(3-7)12-5-9-13-15-16-14-9/h1-3,12H,5H2,(H,13,14,15,16). The van der Waals surface area contributed by atoms with Crippen molar-refractivity contribution < 1.29 is 0 Å². The molecular weight excluding hydrogens is 272 g/mol. The average molecular weight is 279 g/mol. The summed E-state index contributed by atoms with van der Waals surface area (Å²) in [5, 5.41) is 25.3. The van der Waals surface area contributed by atoms with Gasteiger partial charge in [0.1, 0.15) is 0 Å². The van der Waals surface area contributed by atoms with Gasteiger partial charge in [-0.05, 0) is 18.2 Å². The van der Waals surface area contributed by atoms with E-state index in [2.05, 4.69) is 47.9 Å². The minimum Gasteiger partial charge on any atom is -0.378 e. The SMILES string of the molecule is N#Cc1cc(Br)cc(NCc2nn[nH]n2)c1. The molecule has 0 saturated carbocycles. The van der Waals surface area contributed by atoms with Gasteiger partial charge in [0.05, 0.1) is 18.2 Å². The third kappa shape index (κ3) is 2.55. The highest BCUT2D eigenvalue weighted by Gasteiger charge is 2.01. The van der Waals surface area contributed by atoms with Gasteiger partial charge in [-0.3, -0.25) is 0 Å². The molecule has 1 heterocycles. The number of nitrogens with zero attached hydrogens (tertiary/aromatic N) is 4. The number of rotatable bonds is 3. The van der Waals surface area contributed by atoms with Crippen molar-refractivity contribution >= 4 is 21.6 Å². The lowest BCUT2D eigenvalue weighted by Gasteiger charge is -2.04. The second-order valence-corrected chi connectivity index (χ2v) is 3.94. The number of hydrogen-bond acceptors (Lipinski definition) is 5. The summed E-state index contributed by atoms with van der Waals surface area (Å²) in [6, 6.07) is 7.46. The summed E-state index contributed by atoms with van der Waals surface area (Å²) in [5.41, 5.74) is 1.42. The first-order valence-corrected chi connectivity index (χ1v) is 5.24. The number of H-pyrrole nitrogens is 1. The highest BCUT2D eigenvalue weighted by Crippen LogP contribution is 2.19. The summed E-state index contributed by atoms with van der Waals surface area (Å²) < 4.78 is 0.849. The molecule has 6 nitrogen and oxygen atoms in total. The number of halogens is 1. The van der Waals surface area contributed by atoms with E-state index in [9.17, 15) is 0 Å². The molecule has 0 saturated heterocycles. The van der Waals surface area contributed by atoms with Gasteiger partial charge >= 0.3 is 0 Å². The van der Waals surface area contributed by atoms with E-state index in [0.29, 0.717) is 17.9 Å². The summed E-state index contributed by atoms with van der Waals surface area (Å²) in [7, 11) is 0. The Kier molecular flexibility index (Phi) is 3.12. The van der Waals surface area contributed by atoms with Gasteiger partial charge in [-0.25, -0.2) is 0 Å². The molecule has 0 aliphatic rings. The highest BCUT2D eigenvalue weighted by atomic mass is 79.9. The van der Waals surface area contributed by atoms with Gasteiger partial charge in [0, 0.05) is 10.2 Å². The minimum absolute atomic E-state index is 0.456. The van der Waals surface area contributed by atoms with Crippen LogP contribution in [0.5, 0.6) is 0 Å². The van der Waals surface area contributed by atoms with Crippen LogP contribution < -0.4 is 5.32 Å². The monoisotopic (exact) mass is 278 g/mol. The first-order chi connectivity index (χ1) is 7.78. The van der Waals surface area contributed by atoms with Crippen LogP contribution in [0, 0.1) is 11.3 Å². The van der Waals surface area contributed by atoms with Crippen molar-refractivity contribution in [2.24, 2.45) is 0 Å². The molecule has 2 rings (SSSR count). The molecule has 1 aromatic carbocycles. The van der Waals surface area contributed by atoms with Crippen molar-refractivity contribution in [3.63, 3.8) is 0 Å². The second-order valence-electron chi connectivity index (χ2n) is 3.02. The Balaban J connectivity index is 2.10. The zero-order chi connectivity index (χ0) is 11.4. The fourth-order valence-electron chi connectivity index (χ4n) is 1.19. The van der Waals surface area contributed by atoms with E-state index in [1.807, 2.05) is 6.07 Å². The van der Waals surface area contributed by atoms with Gasteiger partial charge in [0.2, 0.25) is 0 Å². The molecule has 0 unspecified atom stereocenters. The number of anilines is 1. The number of nitriles is 1. The Labute approximate surface area is 99.8 Å². The molecule has 0 radical (unpaired) electrons. The zero-order valence-electron chi connectivity index (χ0n) is 8.11. The summed E-state index contributed by atoms with van der Waals surface area (Å²) in [5.74, 6) is 0.568. The number of benzene rings is 1. The van der Waals surface area contributed by atoms with E-state index in [0.717, 1.165) is 10.2 Å². The van der Waals surface area contributed by atoms with Crippen LogP contribution in [0.3, 0.4) is 0 Å². The lowest BCUT2D eigenvalue weighted by atomic mass is 10.2.